The van der Waals surface area contributed by atoms with Gasteiger partial charge in [-0.1, -0.05) is 26.7 Å². The van der Waals surface area contributed by atoms with Crippen LogP contribution in [-0.2, 0) is 9.59 Å². The van der Waals surface area contributed by atoms with Crippen LogP contribution in [0.4, 0.5) is 0 Å². The smallest absolute Gasteiger partial charge is 0.243 e. The predicted molar refractivity (Wildman–Crippen MR) is 80.5 cm³/mol. The molecule has 21 heavy (non-hydrogen) atoms. The Kier molecular flexibility index (Phi) is 5.62. The summed E-state index contributed by atoms with van der Waals surface area (Å²) in [5.74, 6) is 0.271. The third-order valence-electron chi connectivity index (χ3n) is 4.75. The number of rotatable bonds is 5. The standard InChI is InChI=1S/C16H28N2O3/c1-11(2)15(18-9-5-8-14(18)20)16(21)17-10-12-6-3-4-7-13(12)19/h11-13,15,19H,3-10H2,1-2H3,(H,17,21)/t12-,13-,15-/m1/s1. The average Bonchev–Trinajstić information content (AvgIpc) is 2.84. The van der Waals surface area contributed by atoms with Crippen LogP contribution in [0.2, 0.25) is 0 Å². The molecule has 2 fully saturated rings. The zero-order valence-electron chi connectivity index (χ0n) is 13.2. The van der Waals surface area contributed by atoms with Crippen molar-refractivity contribution in [3.8, 4) is 0 Å². The van der Waals surface area contributed by atoms with Crippen LogP contribution in [0.3, 0.4) is 0 Å². The lowest BCUT2D eigenvalue weighted by atomic mass is 9.86. The third-order valence-corrected chi connectivity index (χ3v) is 4.75. The van der Waals surface area contributed by atoms with E-state index < -0.39 is 0 Å². The van der Waals surface area contributed by atoms with Crippen molar-refractivity contribution in [3.05, 3.63) is 0 Å². The number of nitrogens with one attached hydrogen (secondary N) is 1. The molecule has 2 N–H and O–H groups in total. The van der Waals surface area contributed by atoms with Crippen molar-refractivity contribution in [1.29, 1.82) is 0 Å². The lowest BCUT2D eigenvalue weighted by Gasteiger charge is -2.32. The molecule has 0 aromatic rings. The molecule has 5 heteroatoms. The molecule has 1 saturated carbocycles. The molecule has 1 saturated heterocycles. The van der Waals surface area contributed by atoms with Crippen molar-refractivity contribution in [2.24, 2.45) is 11.8 Å². The Morgan fingerprint density at radius 2 is 2.05 bits per heavy atom. The Labute approximate surface area is 127 Å². The molecular weight excluding hydrogens is 268 g/mol. The van der Waals surface area contributed by atoms with Crippen molar-refractivity contribution < 1.29 is 14.7 Å². The summed E-state index contributed by atoms with van der Waals surface area (Å²) in [6.07, 6.45) is 5.09. The van der Waals surface area contributed by atoms with Gasteiger partial charge in [-0.15, -0.1) is 0 Å². The van der Waals surface area contributed by atoms with Gasteiger partial charge in [0.2, 0.25) is 11.8 Å². The number of carbonyl (C=O) groups excluding carboxylic acids is 2. The number of aliphatic hydroxyl groups excluding tert-OH is 1. The second-order valence-electron chi connectivity index (χ2n) is 6.74. The predicted octanol–water partition coefficient (Wildman–Crippen LogP) is 1.30. The minimum atomic E-state index is -0.374. The molecule has 0 bridgehead atoms. The van der Waals surface area contributed by atoms with E-state index in [2.05, 4.69) is 5.32 Å². The van der Waals surface area contributed by atoms with Crippen LogP contribution in [0.25, 0.3) is 0 Å². The quantitative estimate of drug-likeness (QED) is 0.803. The molecule has 1 aliphatic heterocycles. The first kappa shape index (κ1) is 16.3. The van der Waals surface area contributed by atoms with Crippen LogP contribution in [0.1, 0.15) is 52.4 Å². The zero-order valence-corrected chi connectivity index (χ0v) is 13.2. The average molecular weight is 296 g/mol. The van der Waals surface area contributed by atoms with Crippen molar-refractivity contribution in [2.75, 3.05) is 13.1 Å². The van der Waals surface area contributed by atoms with Gasteiger partial charge in [-0.05, 0) is 25.2 Å². The zero-order chi connectivity index (χ0) is 15.4. The summed E-state index contributed by atoms with van der Waals surface area (Å²) in [7, 11) is 0. The molecule has 1 aliphatic carbocycles. The fraction of sp³-hybridized carbons (Fsp3) is 0.875. The number of nitrogens with zero attached hydrogens (tertiary/aromatic N) is 1. The summed E-state index contributed by atoms with van der Waals surface area (Å²) in [6.45, 7) is 5.16. The SMILES string of the molecule is CC(C)[C@H](C(=O)NC[C@H]1CCCC[C@H]1O)N1CCCC1=O. The molecule has 3 atom stereocenters. The number of hydrogen-bond acceptors (Lipinski definition) is 3. The van der Waals surface area contributed by atoms with E-state index in [9.17, 15) is 14.7 Å². The second kappa shape index (κ2) is 7.25. The fourth-order valence-electron chi connectivity index (χ4n) is 3.53. The Morgan fingerprint density at radius 1 is 1.33 bits per heavy atom. The van der Waals surface area contributed by atoms with Crippen LogP contribution in [0.5, 0.6) is 0 Å². The Balaban J connectivity index is 1.91. The lowest BCUT2D eigenvalue weighted by Crippen LogP contribution is -2.51. The van der Waals surface area contributed by atoms with Crippen LogP contribution >= 0.6 is 0 Å². The molecule has 2 aliphatic rings. The van der Waals surface area contributed by atoms with Crippen LogP contribution in [0.15, 0.2) is 0 Å². The largest absolute Gasteiger partial charge is 0.393 e. The molecule has 2 rings (SSSR count). The summed E-state index contributed by atoms with van der Waals surface area (Å²) in [5, 5.41) is 12.9. The van der Waals surface area contributed by atoms with Gasteiger partial charge in [0.05, 0.1) is 6.10 Å². The third kappa shape index (κ3) is 3.96. The van der Waals surface area contributed by atoms with E-state index in [-0.39, 0.29) is 35.8 Å². The molecular formula is C16H28N2O3. The number of carbonyl (C=O) groups is 2. The van der Waals surface area contributed by atoms with E-state index in [0.29, 0.717) is 19.5 Å². The van der Waals surface area contributed by atoms with Gasteiger partial charge >= 0.3 is 0 Å². The normalized spacial score (nSPS) is 28.0. The van der Waals surface area contributed by atoms with Crippen LogP contribution in [0, 0.1) is 11.8 Å². The highest BCUT2D eigenvalue weighted by molar-refractivity contribution is 5.88. The highest BCUT2D eigenvalue weighted by Crippen LogP contribution is 2.24. The number of amides is 2. The maximum absolute atomic E-state index is 12.5. The summed E-state index contributed by atoms with van der Waals surface area (Å²) >= 11 is 0. The molecule has 0 aromatic carbocycles. The molecule has 0 spiro atoms. The molecule has 120 valence electrons. The van der Waals surface area contributed by atoms with Gasteiger partial charge in [-0.25, -0.2) is 0 Å². The van der Waals surface area contributed by atoms with Gasteiger partial charge in [0, 0.05) is 25.4 Å². The number of hydrogen-bond donors (Lipinski definition) is 2. The van der Waals surface area contributed by atoms with Gasteiger partial charge in [0.15, 0.2) is 0 Å². The first-order valence-corrected chi connectivity index (χ1v) is 8.26. The van der Waals surface area contributed by atoms with E-state index in [1.54, 1.807) is 4.90 Å². The molecule has 1 heterocycles. The summed E-state index contributed by atoms with van der Waals surface area (Å²) in [4.78, 5) is 26.1. The minimum absolute atomic E-state index is 0.0713. The van der Waals surface area contributed by atoms with Crippen molar-refractivity contribution in [2.45, 2.75) is 64.5 Å². The monoisotopic (exact) mass is 296 g/mol. The van der Waals surface area contributed by atoms with Crippen molar-refractivity contribution >= 4 is 11.8 Å². The fourth-order valence-corrected chi connectivity index (χ4v) is 3.53. The second-order valence-corrected chi connectivity index (χ2v) is 6.74. The van der Waals surface area contributed by atoms with Gasteiger partial charge < -0.3 is 15.3 Å². The summed E-state index contributed by atoms with van der Waals surface area (Å²) in [6, 6.07) is -0.374. The Hall–Kier alpha value is -1.10. The molecule has 2 amide bonds. The molecule has 5 nitrogen and oxygen atoms in total. The Morgan fingerprint density at radius 3 is 2.62 bits per heavy atom. The molecule has 0 unspecified atom stereocenters. The van der Waals surface area contributed by atoms with Crippen molar-refractivity contribution in [3.63, 3.8) is 0 Å². The van der Waals surface area contributed by atoms with E-state index in [4.69, 9.17) is 0 Å². The van der Waals surface area contributed by atoms with Gasteiger partial charge in [0.1, 0.15) is 6.04 Å². The van der Waals surface area contributed by atoms with E-state index in [0.717, 1.165) is 32.1 Å². The number of likely N-dealkylation sites (tertiary alicyclic amines) is 1. The van der Waals surface area contributed by atoms with Crippen molar-refractivity contribution in [1.82, 2.24) is 10.2 Å². The van der Waals surface area contributed by atoms with Crippen LogP contribution in [-0.4, -0.2) is 47.1 Å². The van der Waals surface area contributed by atoms with E-state index in [1.165, 1.54) is 0 Å². The van der Waals surface area contributed by atoms with E-state index in [1.807, 2.05) is 13.8 Å². The van der Waals surface area contributed by atoms with Gasteiger partial charge in [-0.2, -0.15) is 0 Å². The molecule has 0 aromatic heterocycles. The van der Waals surface area contributed by atoms with Crippen LogP contribution < -0.4 is 5.32 Å². The number of aliphatic hydroxyl groups is 1. The van der Waals surface area contributed by atoms with Gasteiger partial charge in [0.25, 0.3) is 0 Å². The highest BCUT2D eigenvalue weighted by Gasteiger charge is 2.35. The first-order chi connectivity index (χ1) is 10.0. The Bertz CT molecular complexity index is 384. The minimum Gasteiger partial charge on any atom is -0.393 e. The van der Waals surface area contributed by atoms with Gasteiger partial charge in [-0.3, -0.25) is 9.59 Å². The maximum atomic E-state index is 12.5. The first-order valence-electron chi connectivity index (χ1n) is 8.26. The summed E-state index contributed by atoms with van der Waals surface area (Å²) < 4.78 is 0. The molecule has 0 radical (unpaired) electrons. The highest BCUT2D eigenvalue weighted by atomic mass is 16.3. The topological polar surface area (TPSA) is 69.6 Å². The summed E-state index contributed by atoms with van der Waals surface area (Å²) in [5.41, 5.74) is 0. The van der Waals surface area contributed by atoms with E-state index >= 15 is 0 Å². The lowest BCUT2D eigenvalue weighted by molar-refractivity contribution is -0.139. The maximum Gasteiger partial charge on any atom is 0.243 e.